The van der Waals surface area contributed by atoms with Gasteiger partial charge in [-0.05, 0) is 32.9 Å². The monoisotopic (exact) mass is 300 g/mol. The fourth-order valence-corrected chi connectivity index (χ4v) is 1.98. The van der Waals surface area contributed by atoms with Crippen molar-refractivity contribution >= 4 is 17.6 Å². The molecule has 0 aliphatic rings. The predicted octanol–water partition coefficient (Wildman–Crippen LogP) is 2.14. The van der Waals surface area contributed by atoms with Crippen LogP contribution in [0, 0.1) is 6.92 Å². The van der Waals surface area contributed by atoms with E-state index in [0.29, 0.717) is 11.4 Å². The molecule has 116 valence electrons. The number of nitrogens with one attached hydrogen (secondary N) is 2. The average molecular weight is 300 g/mol. The van der Waals surface area contributed by atoms with Crippen LogP contribution in [0.3, 0.4) is 0 Å². The third-order valence-corrected chi connectivity index (χ3v) is 3.15. The smallest absolute Gasteiger partial charge is 0.251 e. The summed E-state index contributed by atoms with van der Waals surface area (Å²) in [6.45, 7) is 5.81. The Morgan fingerprint density at radius 2 is 1.86 bits per heavy atom. The molecule has 1 aromatic carbocycles. The Labute approximate surface area is 129 Å². The second kappa shape index (κ2) is 6.89. The number of hydrogen-bond donors (Lipinski definition) is 2. The van der Waals surface area contributed by atoms with Crippen LogP contribution in [-0.4, -0.2) is 28.1 Å². The molecule has 1 aromatic heterocycles. The van der Waals surface area contributed by atoms with E-state index in [-0.39, 0.29) is 24.4 Å². The molecular weight excluding hydrogens is 280 g/mol. The largest absolute Gasteiger partial charge is 0.343 e. The van der Waals surface area contributed by atoms with Crippen molar-refractivity contribution in [1.82, 2.24) is 15.1 Å². The van der Waals surface area contributed by atoms with Gasteiger partial charge in [0.25, 0.3) is 5.91 Å². The maximum atomic E-state index is 11.9. The molecular formula is C16H20N4O2. The van der Waals surface area contributed by atoms with Crippen molar-refractivity contribution in [2.45, 2.75) is 26.8 Å². The third-order valence-electron chi connectivity index (χ3n) is 3.15. The summed E-state index contributed by atoms with van der Waals surface area (Å²) >= 11 is 0. The zero-order chi connectivity index (χ0) is 16.1. The molecule has 1 heterocycles. The summed E-state index contributed by atoms with van der Waals surface area (Å²) in [5.41, 5.74) is 1.61. The van der Waals surface area contributed by atoms with E-state index in [0.717, 1.165) is 5.56 Å². The third kappa shape index (κ3) is 3.94. The van der Waals surface area contributed by atoms with Crippen molar-refractivity contribution in [1.29, 1.82) is 0 Å². The molecule has 0 aliphatic heterocycles. The average Bonchev–Trinajstić information content (AvgIpc) is 2.94. The second-order valence-electron chi connectivity index (χ2n) is 5.35. The quantitative estimate of drug-likeness (QED) is 0.888. The summed E-state index contributed by atoms with van der Waals surface area (Å²) < 4.78 is 1.71. The van der Waals surface area contributed by atoms with Gasteiger partial charge in [-0.3, -0.25) is 9.59 Å². The lowest BCUT2D eigenvalue weighted by molar-refractivity contribution is -0.115. The summed E-state index contributed by atoms with van der Waals surface area (Å²) in [5.74, 6) is 0.0555. The number of carbonyl (C=O) groups excluding carboxylic acids is 2. The Morgan fingerprint density at radius 1 is 1.18 bits per heavy atom. The molecule has 0 aliphatic carbocycles. The fraction of sp³-hybridized carbons (Fsp3) is 0.312. The van der Waals surface area contributed by atoms with Crippen LogP contribution < -0.4 is 10.6 Å². The van der Waals surface area contributed by atoms with Gasteiger partial charge >= 0.3 is 0 Å². The summed E-state index contributed by atoms with van der Waals surface area (Å²) in [7, 11) is 0. The van der Waals surface area contributed by atoms with Gasteiger partial charge in [0.05, 0.1) is 12.7 Å². The number of carbonyl (C=O) groups is 2. The van der Waals surface area contributed by atoms with Crippen LogP contribution in [0.25, 0.3) is 0 Å². The molecule has 0 saturated heterocycles. The molecule has 0 fully saturated rings. The second-order valence-corrected chi connectivity index (χ2v) is 5.35. The number of aryl methyl sites for hydroxylation is 1. The fourth-order valence-electron chi connectivity index (χ4n) is 1.98. The van der Waals surface area contributed by atoms with Crippen LogP contribution >= 0.6 is 0 Å². The summed E-state index contributed by atoms with van der Waals surface area (Å²) in [6.07, 6.45) is 1.63. The van der Waals surface area contributed by atoms with E-state index < -0.39 is 0 Å². The minimum atomic E-state index is -0.289. The Bertz CT molecular complexity index is 659. The Morgan fingerprint density at radius 3 is 2.50 bits per heavy atom. The zero-order valence-electron chi connectivity index (χ0n) is 13.0. The molecule has 22 heavy (non-hydrogen) atoms. The highest BCUT2D eigenvalue weighted by Gasteiger charge is 2.11. The van der Waals surface area contributed by atoms with Gasteiger partial charge < -0.3 is 10.6 Å². The predicted molar refractivity (Wildman–Crippen MR) is 84.8 cm³/mol. The van der Waals surface area contributed by atoms with E-state index in [1.54, 1.807) is 29.1 Å². The maximum absolute atomic E-state index is 11.9. The Balaban J connectivity index is 1.88. The number of amides is 2. The SMILES string of the molecule is Cc1ccc(C(=O)NCC(=O)Nc2ccnn2C(C)C)cc1. The number of anilines is 1. The van der Waals surface area contributed by atoms with Crippen LogP contribution in [0.5, 0.6) is 0 Å². The Kier molecular flexibility index (Phi) is 4.93. The van der Waals surface area contributed by atoms with Gasteiger partial charge in [-0.25, -0.2) is 4.68 Å². The van der Waals surface area contributed by atoms with Crippen LogP contribution in [0.4, 0.5) is 5.82 Å². The minimum absolute atomic E-state index is 0.0873. The van der Waals surface area contributed by atoms with Gasteiger partial charge in [-0.15, -0.1) is 0 Å². The van der Waals surface area contributed by atoms with E-state index in [4.69, 9.17) is 0 Å². The maximum Gasteiger partial charge on any atom is 0.251 e. The van der Waals surface area contributed by atoms with Crippen molar-refractivity contribution in [3.8, 4) is 0 Å². The first-order chi connectivity index (χ1) is 10.5. The summed E-state index contributed by atoms with van der Waals surface area (Å²) in [4.78, 5) is 23.8. The lowest BCUT2D eigenvalue weighted by atomic mass is 10.1. The molecule has 0 bridgehead atoms. The normalized spacial score (nSPS) is 10.5. The highest BCUT2D eigenvalue weighted by Crippen LogP contribution is 2.12. The van der Waals surface area contributed by atoms with Crippen LogP contribution in [0.2, 0.25) is 0 Å². The van der Waals surface area contributed by atoms with Gasteiger partial charge in [0.2, 0.25) is 5.91 Å². The molecule has 0 radical (unpaired) electrons. The van der Waals surface area contributed by atoms with Crippen molar-refractivity contribution in [2.24, 2.45) is 0 Å². The van der Waals surface area contributed by atoms with Crippen LogP contribution in [0.1, 0.15) is 35.8 Å². The molecule has 6 nitrogen and oxygen atoms in total. The van der Waals surface area contributed by atoms with E-state index in [9.17, 15) is 9.59 Å². The van der Waals surface area contributed by atoms with Crippen molar-refractivity contribution in [3.63, 3.8) is 0 Å². The van der Waals surface area contributed by atoms with E-state index in [1.807, 2.05) is 32.9 Å². The van der Waals surface area contributed by atoms with Crippen LogP contribution in [-0.2, 0) is 4.79 Å². The first kappa shape index (κ1) is 15.8. The molecule has 2 aromatic rings. The molecule has 0 saturated carbocycles. The summed E-state index contributed by atoms with van der Waals surface area (Å²) in [6, 6.07) is 9.05. The molecule has 0 spiro atoms. The minimum Gasteiger partial charge on any atom is -0.343 e. The topological polar surface area (TPSA) is 76.0 Å². The number of aromatic nitrogens is 2. The van der Waals surface area contributed by atoms with E-state index in [1.165, 1.54) is 0 Å². The standard InChI is InChI=1S/C16H20N4O2/c1-11(2)20-14(8-9-18-20)19-15(21)10-17-16(22)13-6-4-12(3)5-7-13/h4-9,11H,10H2,1-3H3,(H,17,22)(H,19,21). The van der Waals surface area contributed by atoms with Crippen molar-refractivity contribution in [3.05, 3.63) is 47.7 Å². The van der Waals surface area contributed by atoms with Gasteiger partial charge in [-0.2, -0.15) is 5.10 Å². The lowest BCUT2D eigenvalue weighted by Gasteiger charge is -2.12. The number of hydrogen-bond acceptors (Lipinski definition) is 3. The molecule has 2 N–H and O–H groups in total. The molecule has 6 heteroatoms. The van der Waals surface area contributed by atoms with Gasteiger partial charge in [0.15, 0.2) is 0 Å². The zero-order valence-corrected chi connectivity index (χ0v) is 13.0. The molecule has 2 rings (SSSR count). The number of benzene rings is 1. The van der Waals surface area contributed by atoms with Gasteiger partial charge in [-0.1, -0.05) is 17.7 Å². The lowest BCUT2D eigenvalue weighted by Crippen LogP contribution is -2.33. The highest BCUT2D eigenvalue weighted by molar-refractivity contribution is 5.99. The van der Waals surface area contributed by atoms with Crippen molar-refractivity contribution < 1.29 is 9.59 Å². The van der Waals surface area contributed by atoms with Crippen LogP contribution in [0.15, 0.2) is 36.5 Å². The number of rotatable bonds is 5. The van der Waals surface area contributed by atoms with E-state index in [2.05, 4.69) is 15.7 Å². The Hall–Kier alpha value is -2.63. The summed E-state index contributed by atoms with van der Waals surface area (Å²) in [5, 5.41) is 9.47. The molecule has 0 unspecified atom stereocenters. The van der Waals surface area contributed by atoms with E-state index >= 15 is 0 Å². The highest BCUT2D eigenvalue weighted by atomic mass is 16.2. The first-order valence-corrected chi connectivity index (χ1v) is 7.15. The number of nitrogens with zero attached hydrogens (tertiary/aromatic N) is 2. The van der Waals surface area contributed by atoms with Gasteiger partial charge in [0, 0.05) is 17.7 Å². The van der Waals surface area contributed by atoms with Gasteiger partial charge in [0.1, 0.15) is 5.82 Å². The first-order valence-electron chi connectivity index (χ1n) is 7.15. The molecule has 2 amide bonds. The molecule has 0 atom stereocenters. The van der Waals surface area contributed by atoms with Crippen molar-refractivity contribution in [2.75, 3.05) is 11.9 Å².